The maximum absolute atomic E-state index is 13.6. The van der Waals surface area contributed by atoms with Gasteiger partial charge in [-0.2, -0.15) is 0 Å². The largest absolute Gasteiger partial charge is 0.366 e. The molecule has 0 amide bonds. The van der Waals surface area contributed by atoms with Gasteiger partial charge in [-0.05, 0) is 20.5 Å². The number of anilines is 1. The Labute approximate surface area is 89.5 Å². The van der Waals surface area contributed by atoms with Crippen molar-refractivity contribution in [3.8, 4) is 0 Å². The zero-order valence-electron chi connectivity index (χ0n) is 9.42. The lowest BCUT2D eigenvalue weighted by atomic mass is 10.3. The molecule has 0 aliphatic rings. The standard InChI is InChI=1S/C10H17FN4/c1-4-8-9(11)10(14-7-13-8)12-5-6-15(2)3/h7H,4-6H2,1-3H3,(H,12,13,14). The molecule has 0 aromatic carbocycles. The number of halogens is 1. The zero-order valence-corrected chi connectivity index (χ0v) is 9.42. The second-order valence-corrected chi connectivity index (χ2v) is 3.57. The van der Waals surface area contributed by atoms with E-state index in [-0.39, 0.29) is 5.82 Å². The van der Waals surface area contributed by atoms with Crippen LogP contribution in [-0.2, 0) is 6.42 Å². The van der Waals surface area contributed by atoms with Gasteiger partial charge < -0.3 is 10.2 Å². The van der Waals surface area contributed by atoms with E-state index >= 15 is 0 Å². The molecule has 1 aromatic rings. The van der Waals surface area contributed by atoms with Crippen molar-refractivity contribution in [2.75, 3.05) is 32.5 Å². The van der Waals surface area contributed by atoms with Gasteiger partial charge in [-0.25, -0.2) is 14.4 Å². The Morgan fingerprint density at radius 3 is 2.73 bits per heavy atom. The van der Waals surface area contributed by atoms with Crippen LogP contribution in [0.4, 0.5) is 10.2 Å². The van der Waals surface area contributed by atoms with Crippen LogP contribution in [0.25, 0.3) is 0 Å². The highest BCUT2D eigenvalue weighted by Gasteiger charge is 2.08. The van der Waals surface area contributed by atoms with E-state index < -0.39 is 0 Å². The zero-order chi connectivity index (χ0) is 11.3. The summed E-state index contributed by atoms with van der Waals surface area (Å²) < 4.78 is 13.6. The first kappa shape index (κ1) is 11.8. The molecule has 4 nitrogen and oxygen atoms in total. The Morgan fingerprint density at radius 2 is 2.13 bits per heavy atom. The molecule has 0 unspecified atom stereocenters. The van der Waals surface area contributed by atoms with Crippen LogP contribution in [0.2, 0.25) is 0 Å². The topological polar surface area (TPSA) is 41.1 Å². The lowest BCUT2D eigenvalue weighted by Gasteiger charge is -2.11. The van der Waals surface area contributed by atoms with Gasteiger partial charge in [0, 0.05) is 13.1 Å². The van der Waals surface area contributed by atoms with E-state index in [9.17, 15) is 4.39 Å². The minimum atomic E-state index is -0.334. The summed E-state index contributed by atoms with van der Waals surface area (Å²) in [6.45, 7) is 3.38. The van der Waals surface area contributed by atoms with Gasteiger partial charge in [0.15, 0.2) is 11.6 Å². The lowest BCUT2D eigenvalue weighted by molar-refractivity contribution is 0.424. The van der Waals surface area contributed by atoms with E-state index in [2.05, 4.69) is 15.3 Å². The number of hydrogen-bond donors (Lipinski definition) is 1. The maximum Gasteiger partial charge on any atom is 0.186 e. The van der Waals surface area contributed by atoms with Crippen molar-refractivity contribution in [3.05, 3.63) is 17.8 Å². The van der Waals surface area contributed by atoms with Crippen LogP contribution in [0.3, 0.4) is 0 Å². The molecule has 0 saturated heterocycles. The van der Waals surface area contributed by atoms with Gasteiger partial charge in [0.05, 0.1) is 5.69 Å². The van der Waals surface area contributed by atoms with Crippen molar-refractivity contribution < 1.29 is 4.39 Å². The van der Waals surface area contributed by atoms with E-state index in [1.54, 1.807) is 0 Å². The molecule has 1 heterocycles. The van der Waals surface area contributed by atoms with Crippen LogP contribution in [0.1, 0.15) is 12.6 Å². The van der Waals surface area contributed by atoms with Gasteiger partial charge in [0.2, 0.25) is 0 Å². The van der Waals surface area contributed by atoms with Crippen LogP contribution in [0.15, 0.2) is 6.33 Å². The van der Waals surface area contributed by atoms with Gasteiger partial charge in [-0.15, -0.1) is 0 Å². The average molecular weight is 212 g/mol. The van der Waals surface area contributed by atoms with Crippen LogP contribution >= 0.6 is 0 Å². The molecular weight excluding hydrogens is 195 g/mol. The van der Waals surface area contributed by atoms with Crippen LogP contribution in [-0.4, -0.2) is 42.1 Å². The Bertz CT molecular complexity index is 314. The summed E-state index contributed by atoms with van der Waals surface area (Å²) in [4.78, 5) is 9.75. The number of nitrogens with one attached hydrogen (secondary N) is 1. The second-order valence-electron chi connectivity index (χ2n) is 3.57. The molecule has 0 saturated carbocycles. The summed E-state index contributed by atoms with van der Waals surface area (Å²) in [6.07, 6.45) is 1.97. The van der Waals surface area contributed by atoms with Crippen molar-refractivity contribution >= 4 is 5.82 Å². The van der Waals surface area contributed by atoms with Gasteiger partial charge in [0.1, 0.15) is 6.33 Å². The van der Waals surface area contributed by atoms with E-state index in [1.165, 1.54) is 6.33 Å². The highest BCUT2D eigenvalue weighted by Crippen LogP contribution is 2.12. The third-order valence-corrected chi connectivity index (χ3v) is 2.05. The minimum Gasteiger partial charge on any atom is -0.366 e. The normalized spacial score (nSPS) is 10.7. The Balaban J connectivity index is 2.61. The lowest BCUT2D eigenvalue weighted by Crippen LogP contribution is -2.21. The van der Waals surface area contributed by atoms with Crippen LogP contribution < -0.4 is 5.32 Å². The molecule has 0 aliphatic carbocycles. The Morgan fingerprint density at radius 1 is 1.40 bits per heavy atom. The fraction of sp³-hybridized carbons (Fsp3) is 0.600. The molecule has 1 aromatic heterocycles. The second kappa shape index (κ2) is 5.60. The molecular formula is C10H17FN4. The van der Waals surface area contributed by atoms with Crippen molar-refractivity contribution in [1.82, 2.24) is 14.9 Å². The molecule has 84 valence electrons. The van der Waals surface area contributed by atoms with E-state index in [0.29, 0.717) is 24.5 Å². The third-order valence-electron chi connectivity index (χ3n) is 2.05. The summed E-state index contributed by atoms with van der Waals surface area (Å²) in [7, 11) is 3.94. The SMILES string of the molecule is CCc1ncnc(NCCN(C)C)c1F. The van der Waals surface area contributed by atoms with Crippen molar-refractivity contribution in [2.24, 2.45) is 0 Å². The highest BCUT2D eigenvalue weighted by atomic mass is 19.1. The molecule has 0 radical (unpaired) electrons. The number of nitrogens with zero attached hydrogens (tertiary/aromatic N) is 3. The number of hydrogen-bond acceptors (Lipinski definition) is 4. The molecule has 0 spiro atoms. The first-order valence-electron chi connectivity index (χ1n) is 5.03. The van der Waals surface area contributed by atoms with Gasteiger partial charge >= 0.3 is 0 Å². The molecule has 0 atom stereocenters. The summed E-state index contributed by atoms with van der Waals surface area (Å²) in [5.74, 6) is -0.0394. The minimum absolute atomic E-state index is 0.295. The summed E-state index contributed by atoms with van der Waals surface area (Å²) in [5.41, 5.74) is 0.456. The molecule has 1 rings (SSSR count). The van der Waals surface area contributed by atoms with Gasteiger partial charge in [-0.3, -0.25) is 0 Å². The number of likely N-dealkylation sites (N-methyl/N-ethyl adjacent to an activating group) is 1. The monoisotopic (exact) mass is 212 g/mol. The number of aryl methyl sites for hydroxylation is 1. The summed E-state index contributed by atoms with van der Waals surface area (Å²) in [6, 6.07) is 0. The molecule has 1 N–H and O–H groups in total. The van der Waals surface area contributed by atoms with Crippen LogP contribution in [0, 0.1) is 5.82 Å². The predicted molar refractivity (Wildman–Crippen MR) is 58.4 cm³/mol. The van der Waals surface area contributed by atoms with Gasteiger partial charge in [0.25, 0.3) is 0 Å². The smallest absolute Gasteiger partial charge is 0.186 e. The first-order valence-corrected chi connectivity index (χ1v) is 5.03. The fourth-order valence-electron chi connectivity index (χ4n) is 1.17. The average Bonchev–Trinajstić information content (AvgIpc) is 2.20. The molecule has 0 aliphatic heterocycles. The molecule has 0 bridgehead atoms. The molecule has 15 heavy (non-hydrogen) atoms. The fourth-order valence-corrected chi connectivity index (χ4v) is 1.17. The Kier molecular flexibility index (Phi) is 4.42. The van der Waals surface area contributed by atoms with Crippen molar-refractivity contribution in [2.45, 2.75) is 13.3 Å². The molecule has 5 heteroatoms. The van der Waals surface area contributed by atoms with Crippen molar-refractivity contribution in [1.29, 1.82) is 0 Å². The van der Waals surface area contributed by atoms with Crippen molar-refractivity contribution in [3.63, 3.8) is 0 Å². The van der Waals surface area contributed by atoms with E-state index in [0.717, 1.165) is 6.54 Å². The van der Waals surface area contributed by atoms with Gasteiger partial charge in [-0.1, -0.05) is 6.92 Å². The quantitative estimate of drug-likeness (QED) is 0.795. The predicted octanol–water partition coefficient (Wildman–Crippen LogP) is 1.15. The highest BCUT2D eigenvalue weighted by molar-refractivity contribution is 5.37. The van der Waals surface area contributed by atoms with Crippen LogP contribution in [0.5, 0.6) is 0 Å². The van der Waals surface area contributed by atoms with E-state index in [4.69, 9.17) is 0 Å². The number of aromatic nitrogens is 2. The molecule has 0 fully saturated rings. The Hall–Kier alpha value is -1.23. The maximum atomic E-state index is 13.6. The number of rotatable bonds is 5. The third kappa shape index (κ3) is 3.43. The summed E-state index contributed by atoms with van der Waals surface area (Å²) in [5, 5.41) is 2.95. The van der Waals surface area contributed by atoms with E-state index in [1.807, 2.05) is 25.9 Å². The summed E-state index contributed by atoms with van der Waals surface area (Å²) >= 11 is 0. The first-order chi connectivity index (χ1) is 7.15.